The van der Waals surface area contributed by atoms with Gasteiger partial charge in [-0.25, -0.2) is 0 Å². The van der Waals surface area contributed by atoms with Crippen molar-refractivity contribution >= 4 is 0 Å². The van der Waals surface area contributed by atoms with E-state index in [2.05, 4.69) is 55.5 Å². The van der Waals surface area contributed by atoms with Crippen molar-refractivity contribution in [2.45, 2.75) is 40.3 Å². The number of hydrogen-bond acceptors (Lipinski definition) is 2. The molecule has 1 aromatic heterocycles. The van der Waals surface area contributed by atoms with Crippen molar-refractivity contribution in [1.82, 2.24) is 15.1 Å². The van der Waals surface area contributed by atoms with Gasteiger partial charge >= 0.3 is 0 Å². The van der Waals surface area contributed by atoms with Gasteiger partial charge in [0.25, 0.3) is 0 Å². The first-order chi connectivity index (χ1) is 9.54. The van der Waals surface area contributed by atoms with Crippen molar-refractivity contribution in [3.8, 4) is 0 Å². The van der Waals surface area contributed by atoms with E-state index in [4.69, 9.17) is 0 Å². The van der Waals surface area contributed by atoms with E-state index in [1.807, 2.05) is 23.1 Å². The fraction of sp³-hybridized carbons (Fsp3) is 0.471. The van der Waals surface area contributed by atoms with Crippen LogP contribution in [0.4, 0.5) is 0 Å². The molecule has 0 bridgehead atoms. The quantitative estimate of drug-likeness (QED) is 0.815. The Morgan fingerprint density at radius 1 is 1.10 bits per heavy atom. The highest BCUT2D eigenvalue weighted by atomic mass is 15.3. The highest BCUT2D eigenvalue weighted by Crippen LogP contribution is 2.17. The molecule has 0 radical (unpaired) electrons. The Balaban J connectivity index is 1.91. The number of rotatable bonds is 6. The molecule has 1 N–H and O–H groups in total. The van der Waals surface area contributed by atoms with Gasteiger partial charge in [-0.15, -0.1) is 0 Å². The van der Waals surface area contributed by atoms with Gasteiger partial charge in [0.2, 0.25) is 0 Å². The Morgan fingerprint density at radius 2 is 1.85 bits per heavy atom. The molecule has 0 atom stereocenters. The normalized spacial score (nSPS) is 11.8. The average Bonchev–Trinajstić information content (AvgIpc) is 2.88. The predicted octanol–water partition coefficient (Wildman–Crippen LogP) is 3.46. The van der Waals surface area contributed by atoms with Crippen LogP contribution in [0.3, 0.4) is 0 Å². The summed E-state index contributed by atoms with van der Waals surface area (Å²) in [6.45, 7) is 9.65. The molecule has 0 fully saturated rings. The van der Waals surface area contributed by atoms with Crippen molar-refractivity contribution in [1.29, 1.82) is 0 Å². The summed E-state index contributed by atoms with van der Waals surface area (Å²) in [5.74, 6) is 0. The van der Waals surface area contributed by atoms with Crippen LogP contribution in [0.25, 0.3) is 0 Å². The van der Waals surface area contributed by atoms with Crippen LogP contribution in [0.2, 0.25) is 0 Å². The standard InChI is InChI=1S/C17H25N3/c1-17(2,3)9-11-18-13-15-7-4-5-8-16(15)14-20-12-6-10-19-20/h4-8,10,12,18H,9,11,13-14H2,1-3H3. The Hall–Kier alpha value is -1.61. The van der Waals surface area contributed by atoms with Gasteiger partial charge in [-0.05, 0) is 35.6 Å². The fourth-order valence-corrected chi connectivity index (χ4v) is 2.14. The van der Waals surface area contributed by atoms with Gasteiger partial charge in [-0.3, -0.25) is 4.68 Å². The number of hydrogen-bond donors (Lipinski definition) is 1. The molecule has 0 saturated carbocycles. The Labute approximate surface area is 122 Å². The predicted molar refractivity (Wildman–Crippen MR) is 83.5 cm³/mol. The second kappa shape index (κ2) is 6.71. The Kier molecular flexibility index (Phi) is 4.96. The molecule has 0 aliphatic rings. The maximum atomic E-state index is 4.28. The molecule has 2 aromatic rings. The van der Waals surface area contributed by atoms with Gasteiger partial charge in [0.05, 0.1) is 6.54 Å². The molecule has 20 heavy (non-hydrogen) atoms. The summed E-state index contributed by atoms with van der Waals surface area (Å²) < 4.78 is 1.97. The van der Waals surface area contributed by atoms with Gasteiger partial charge < -0.3 is 5.32 Å². The summed E-state index contributed by atoms with van der Waals surface area (Å²) in [7, 11) is 0. The zero-order valence-corrected chi connectivity index (χ0v) is 12.8. The average molecular weight is 271 g/mol. The van der Waals surface area contributed by atoms with E-state index in [0.29, 0.717) is 5.41 Å². The number of aromatic nitrogens is 2. The lowest BCUT2D eigenvalue weighted by Crippen LogP contribution is -2.21. The molecule has 2 rings (SSSR count). The molecule has 0 aliphatic carbocycles. The summed E-state index contributed by atoms with van der Waals surface area (Å²) in [5.41, 5.74) is 3.08. The smallest absolute Gasteiger partial charge is 0.0662 e. The molecule has 0 spiro atoms. The van der Waals surface area contributed by atoms with Crippen molar-refractivity contribution in [3.05, 3.63) is 53.9 Å². The summed E-state index contributed by atoms with van der Waals surface area (Å²) in [6, 6.07) is 10.5. The van der Waals surface area contributed by atoms with Crippen molar-refractivity contribution < 1.29 is 0 Å². The highest BCUT2D eigenvalue weighted by molar-refractivity contribution is 5.27. The van der Waals surface area contributed by atoms with E-state index in [0.717, 1.165) is 19.6 Å². The molecule has 1 heterocycles. The van der Waals surface area contributed by atoms with Crippen LogP contribution >= 0.6 is 0 Å². The highest BCUT2D eigenvalue weighted by Gasteiger charge is 2.09. The van der Waals surface area contributed by atoms with E-state index >= 15 is 0 Å². The van der Waals surface area contributed by atoms with Gasteiger partial charge in [0.15, 0.2) is 0 Å². The first-order valence-corrected chi connectivity index (χ1v) is 7.29. The minimum absolute atomic E-state index is 0.390. The second-order valence-electron chi connectivity index (χ2n) is 6.46. The zero-order chi connectivity index (χ0) is 14.4. The lowest BCUT2D eigenvalue weighted by molar-refractivity contribution is 0.366. The fourth-order valence-electron chi connectivity index (χ4n) is 2.14. The van der Waals surface area contributed by atoms with E-state index in [-0.39, 0.29) is 0 Å². The summed E-state index contributed by atoms with van der Waals surface area (Å²) in [6.07, 6.45) is 5.02. The largest absolute Gasteiger partial charge is 0.313 e. The molecular weight excluding hydrogens is 246 g/mol. The maximum Gasteiger partial charge on any atom is 0.0662 e. The van der Waals surface area contributed by atoms with Crippen molar-refractivity contribution in [3.63, 3.8) is 0 Å². The van der Waals surface area contributed by atoms with Crippen LogP contribution in [0, 0.1) is 5.41 Å². The van der Waals surface area contributed by atoms with Crippen molar-refractivity contribution in [2.24, 2.45) is 5.41 Å². The van der Waals surface area contributed by atoms with Gasteiger partial charge in [-0.2, -0.15) is 5.10 Å². The van der Waals surface area contributed by atoms with E-state index in [1.165, 1.54) is 17.5 Å². The molecule has 0 aliphatic heterocycles. The molecule has 0 unspecified atom stereocenters. The monoisotopic (exact) mass is 271 g/mol. The third-order valence-corrected chi connectivity index (χ3v) is 3.38. The zero-order valence-electron chi connectivity index (χ0n) is 12.8. The van der Waals surface area contributed by atoms with Gasteiger partial charge in [0.1, 0.15) is 0 Å². The maximum absolute atomic E-state index is 4.28. The van der Waals surface area contributed by atoms with E-state index < -0.39 is 0 Å². The van der Waals surface area contributed by atoms with Crippen LogP contribution in [-0.4, -0.2) is 16.3 Å². The summed E-state index contributed by atoms with van der Waals surface area (Å²) in [4.78, 5) is 0. The first kappa shape index (κ1) is 14.8. The SMILES string of the molecule is CC(C)(C)CCNCc1ccccc1Cn1cccn1. The van der Waals surface area contributed by atoms with Gasteiger partial charge in [-0.1, -0.05) is 45.0 Å². The number of benzene rings is 1. The molecule has 1 aromatic carbocycles. The third kappa shape index (κ3) is 4.82. The number of nitrogens with zero attached hydrogens (tertiary/aromatic N) is 2. The summed E-state index contributed by atoms with van der Waals surface area (Å²) in [5, 5.41) is 7.83. The Bertz CT molecular complexity index is 509. The lowest BCUT2D eigenvalue weighted by atomic mass is 9.92. The molecule has 3 nitrogen and oxygen atoms in total. The first-order valence-electron chi connectivity index (χ1n) is 7.29. The lowest BCUT2D eigenvalue weighted by Gasteiger charge is -2.18. The van der Waals surface area contributed by atoms with Crippen LogP contribution in [0.1, 0.15) is 38.3 Å². The van der Waals surface area contributed by atoms with Gasteiger partial charge in [0, 0.05) is 18.9 Å². The van der Waals surface area contributed by atoms with Crippen molar-refractivity contribution in [2.75, 3.05) is 6.54 Å². The van der Waals surface area contributed by atoms with Crippen LogP contribution in [0.15, 0.2) is 42.7 Å². The third-order valence-electron chi connectivity index (χ3n) is 3.38. The molecular formula is C17H25N3. The summed E-state index contributed by atoms with van der Waals surface area (Å²) >= 11 is 0. The topological polar surface area (TPSA) is 29.9 Å². The molecule has 0 saturated heterocycles. The number of nitrogens with one attached hydrogen (secondary N) is 1. The van der Waals surface area contributed by atoms with E-state index in [9.17, 15) is 0 Å². The van der Waals surface area contributed by atoms with Crippen LogP contribution in [0.5, 0.6) is 0 Å². The van der Waals surface area contributed by atoms with Crippen LogP contribution < -0.4 is 5.32 Å². The van der Waals surface area contributed by atoms with Crippen LogP contribution in [-0.2, 0) is 13.1 Å². The molecule has 108 valence electrons. The molecule has 0 amide bonds. The second-order valence-corrected chi connectivity index (χ2v) is 6.46. The Morgan fingerprint density at radius 3 is 2.50 bits per heavy atom. The minimum atomic E-state index is 0.390. The van der Waals surface area contributed by atoms with E-state index in [1.54, 1.807) is 0 Å². The molecule has 3 heteroatoms. The minimum Gasteiger partial charge on any atom is -0.313 e.